The number of hydrogen-bond donors (Lipinski definition) is 0. The van der Waals surface area contributed by atoms with Crippen molar-refractivity contribution in [2.45, 2.75) is 82.8 Å². The third-order valence-electron chi connectivity index (χ3n) is 4.07. The van der Waals surface area contributed by atoms with Crippen molar-refractivity contribution in [2.24, 2.45) is 0 Å². The number of rotatable bonds is 17. The van der Waals surface area contributed by atoms with Crippen LogP contribution in [0.4, 0.5) is 0 Å². The van der Waals surface area contributed by atoms with Gasteiger partial charge in [0.2, 0.25) is 0 Å². The SMILES string of the molecule is C=CCOC(=O)CC(C(=O)OCCCCCCCCCCCC)S(=O)(=O)[O-].[Na+]. The molecule has 0 rings (SSSR count). The molecule has 158 valence electrons. The summed E-state index contributed by atoms with van der Waals surface area (Å²) < 4.78 is 43.1. The molecule has 1 atom stereocenters. The van der Waals surface area contributed by atoms with Crippen LogP contribution in [0.3, 0.4) is 0 Å². The largest absolute Gasteiger partial charge is 1.00 e. The third-order valence-corrected chi connectivity index (χ3v) is 5.12. The second kappa shape index (κ2) is 18.6. The zero-order valence-electron chi connectivity index (χ0n) is 17.3. The van der Waals surface area contributed by atoms with Crippen LogP contribution < -0.4 is 29.6 Å². The van der Waals surface area contributed by atoms with Gasteiger partial charge in [-0.3, -0.25) is 9.59 Å². The molecule has 0 aromatic heterocycles. The molecule has 0 saturated heterocycles. The van der Waals surface area contributed by atoms with Crippen molar-refractivity contribution in [1.82, 2.24) is 0 Å². The van der Waals surface area contributed by atoms with Crippen LogP contribution in [-0.2, 0) is 29.2 Å². The molecule has 0 aromatic carbocycles. The van der Waals surface area contributed by atoms with E-state index < -0.39 is 33.7 Å². The van der Waals surface area contributed by atoms with Crippen LogP contribution in [0.25, 0.3) is 0 Å². The average molecular weight is 429 g/mol. The Labute approximate surface area is 191 Å². The summed E-state index contributed by atoms with van der Waals surface area (Å²) in [6.45, 7) is 5.43. The van der Waals surface area contributed by atoms with E-state index in [4.69, 9.17) is 4.74 Å². The molecule has 0 amide bonds. The molecule has 0 aliphatic rings. The van der Waals surface area contributed by atoms with E-state index in [-0.39, 0.29) is 42.8 Å². The van der Waals surface area contributed by atoms with Gasteiger partial charge < -0.3 is 14.0 Å². The van der Waals surface area contributed by atoms with Crippen molar-refractivity contribution >= 4 is 22.1 Å². The zero-order valence-corrected chi connectivity index (χ0v) is 20.1. The van der Waals surface area contributed by atoms with Gasteiger partial charge in [-0.15, -0.1) is 0 Å². The Morgan fingerprint density at radius 3 is 1.93 bits per heavy atom. The van der Waals surface area contributed by atoms with Crippen LogP contribution in [0.5, 0.6) is 0 Å². The fraction of sp³-hybridized carbons (Fsp3) is 0.789. The number of esters is 2. The summed E-state index contributed by atoms with van der Waals surface area (Å²) in [4.78, 5) is 23.3. The molecule has 0 fully saturated rings. The van der Waals surface area contributed by atoms with Crippen molar-refractivity contribution in [3.05, 3.63) is 12.7 Å². The fourth-order valence-electron chi connectivity index (χ4n) is 2.52. The quantitative estimate of drug-likeness (QED) is 0.109. The minimum Gasteiger partial charge on any atom is -0.747 e. The van der Waals surface area contributed by atoms with Crippen molar-refractivity contribution in [2.75, 3.05) is 13.2 Å². The van der Waals surface area contributed by atoms with E-state index in [1.165, 1.54) is 44.6 Å². The van der Waals surface area contributed by atoms with Gasteiger partial charge in [-0.2, -0.15) is 0 Å². The number of ether oxygens (including phenoxy) is 2. The number of carbonyl (C=O) groups excluding carboxylic acids is 2. The van der Waals surface area contributed by atoms with E-state index >= 15 is 0 Å². The maximum absolute atomic E-state index is 11.8. The Bertz CT molecular complexity index is 534. The van der Waals surface area contributed by atoms with Crippen LogP contribution in [0.1, 0.15) is 77.6 Å². The molecule has 0 aliphatic heterocycles. The number of carbonyl (C=O) groups is 2. The van der Waals surface area contributed by atoms with E-state index in [1.807, 2.05) is 0 Å². The number of unbranched alkanes of at least 4 members (excludes halogenated alkanes) is 9. The van der Waals surface area contributed by atoms with Crippen LogP contribution in [0, 0.1) is 0 Å². The predicted molar refractivity (Wildman–Crippen MR) is 102 cm³/mol. The minimum absolute atomic E-state index is 0. The Morgan fingerprint density at radius 2 is 1.46 bits per heavy atom. The second-order valence-corrected chi connectivity index (χ2v) is 8.06. The molecule has 0 bridgehead atoms. The third kappa shape index (κ3) is 16.5. The molecule has 0 N–H and O–H groups in total. The predicted octanol–water partition coefficient (Wildman–Crippen LogP) is 0.488. The molecule has 7 nitrogen and oxygen atoms in total. The Kier molecular flexibility index (Phi) is 19.8. The molecule has 0 aromatic rings. The first kappa shape index (κ1) is 29.8. The maximum atomic E-state index is 11.8. The fourth-order valence-corrected chi connectivity index (χ4v) is 3.16. The zero-order chi connectivity index (χ0) is 20.5. The average Bonchev–Trinajstić information content (AvgIpc) is 2.61. The van der Waals surface area contributed by atoms with E-state index in [9.17, 15) is 22.6 Å². The molecule has 0 aliphatic carbocycles. The van der Waals surface area contributed by atoms with Crippen LogP contribution in [0.15, 0.2) is 12.7 Å². The first-order chi connectivity index (χ1) is 12.8. The first-order valence-electron chi connectivity index (χ1n) is 9.70. The summed E-state index contributed by atoms with van der Waals surface area (Å²) >= 11 is 0. The normalized spacial score (nSPS) is 11.9. The van der Waals surface area contributed by atoms with Gasteiger partial charge in [0.15, 0.2) is 5.25 Å². The molecule has 9 heteroatoms. The number of hydrogen-bond acceptors (Lipinski definition) is 7. The smallest absolute Gasteiger partial charge is 0.747 e. The van der Waals surface area contributed by atoms with Gasteiger partial charge in [-0.25, -0.2) is 8.42 Å². The summed E-state index contributed by atoms with van der Waals surface area (Å²) in [5, 5.41) is -2.07. The first-order valence-corrected chi connectivity index (χ1v) is 11.2. The molecular formula is C19H33NaO7S. The van der Waals surface area contributed by atoms with Gasteiger partial charge in [0.25, 0.3) is 0 Å². The summed E-state index contributed by atoms with van der Waals surface area (Å²) in [5.74, 6) is -2.16. The standard InChI is InChI=1S/C19H34O7S.Na/c1-3-5-6-7-8-9-10-11-12-13-15-26-19(21)17(27(22,23)24)16-18(20)25-14-4-2;/h4,17H,2-3,5-16H2,1H3,(H,22,23,24);/q;+1/p-1. The summed E-state index contributed by atoms with van der Waals surface area (Å²) in [7, 11) is -5.00. The van der Waals surface area contributed by atoms with Crippen molar-refractivity contribution < 1.29 is 61.6 Å². The monoisotopic (exact) mass is 428 g/mol. The Morgan fingerprint density at radius 1 is 0.964 bits per heavy atom. The van der Waals surface area contributed by atoms with Gasteiger partial charge in [0.05, 0.1) is 13.0 Å². The Balaban J connectivity index is 0. The minimum atomic E-state index is -5.00. The van der Waals surface area contributed by atoms with Crippen molar-refractivity contribution in [1.29, 1.82) is 0 Å². The summed E-state index contributed by atoms with van der Waals surface area (Å²) in [5.41, 5.74) is 0. The maximum Gasteiger partial charge on any atom is 1.00 e. The van der Waals surface area contributed by atoms with Gasteiger partial charge in [0.1, 0.15) is 16.7 Å². The molecule has 0 spiro atoms. The van der Waals surface area contributed by atoms with E-state index in [2.05, 4.69) is 18.2 Å². The topological polar surface area (TPSA) is 110 Å². The molecule has 0 radical (unpaired) electrons. The van der Waals surface area contributed by atoms with E-state index in [0.717, 1.165) is 19.3 Å². The van der Waals surface area contributed by atoms with Gasteiger partial charge in [-0.1, -0.05) is 77.4 Å². The Hall–Kier alpha value is -0.410. The van der Waals surface area contributed by atoms with Gasteiger partial charge in [-0.05, 0) is 6.42 Å². The summed E-state index contributed by atoms with van der Waals surface area (Å²) in [6.07, 6.45) is 11.5. The van der Waals surface area contributed by atoms with Crippen molar-refractivity contribution in [3.63, 3.8) is 0 Å². The molecule has 0 saturated carbocycles. The molecule has 0 heterocycles. The molecule has 28 heavy (non-hydrogen) atoms. The van der Waals surface area contributed by atoms with Crippen LogP contribution >= 0.6 is 0 Å². The molecular weight excluding hydrogens is 395 g/mol. The summed E-state index contributed by atoms with van der Waals surface area (Å²) in [6, 6.07) is 0. The van der Waals surface area contributed by atoms with Gasteiger partial charge >= 0.3 is 41.5 Å². The van der Waals surface area contributed by atoms with E-state index in [0.29, 0.717) is 6.42 Å². The second-order valence-electron chi connectivity index (χ2n) is 6.51. The van der Waals surface area contributed by atoms with Crippen LogP contribution in [0.2, 0.25) is 0 Å². The van der Waals surface area contributed by atoms with Gasteiger partial charge in [0, 0.05) is 0 Å². The van der Waals surface area contributed by atoms with Crippen molar-refractivity contribution in [3.8, 4) is 0 Å². The van der Waals surface area contributed by atoms with Crippen LogP contribution in [-0.4, -0.2) is 43.4 Å². The molecule has 1 unspecified atom stereocenters. The van der Waals surface area contributed by atoms with E-state index in [1.54, 1.807) is 0 Å².